The Morgan fingerprint density at radius 1 is 1.03 bits per heavy atom. The summed E-state index contributed by atoms with van der Waals surface area (Å²) >= 11 is 6.11. The van der Waals surface area contributed by atoms with Crippen LogP contribution in [-0.4, -0.2) is 25.8 Å². The highest BCUT2D eigenvalue weighted by molar-refractivity contribution is 6.31. The van der Waals surface area contributed by atoms with Crippen molar-refractivity contribution >= 4 is 35.1 Å². The average molecular weight is 409 g/mol. The number of hydrogen-bond acceptors (Lipinski definition) is 4. The fourth-order valence-corrected chi connectivity index (χ4v) is 2.66. The van der Waals surface area contributed by atoms with Crippen LogP contribution in [0.3, 0.4) is 0 Å². The fraction of sp³-hybridized carbons (Fsp3) is 0.130. The number of aryl methyl sites for hydroxylation is 1. The molecule has 1 N–H and O–H groups in total. The van der Waals surface area contributed by atoms with Crippen molar-refractivity contribution in [2.45, 2.75) is 6.92 Å². The predicted molar refractivity (Wildman–Crippen MR) is 117 cm³/mol. The number of rotatable bonds is 7. The zero-order valence-corrected chi connectivity index (χ0v) is 16.9. The van der Waals surface area contributed by atoms with E-state index in [4.69, 9.17) is 21.1 Å². The highest BCUT2D eigenvalue weighted by Gasteiger charge is 2.04. The first kappa shape index (κ1) is 20.4. The Hall–Kier alpha value is -3.31. The summed E-state index contributed by atoms with van der Waals surface area (Å²) in [6.45, 7) is 1.87. The molecule has 0 saturated carbocycles. The molecule has 0 radical (unpaired) electrons. The zero-order chi connectivity index (χ0) is 20.6. The van der Waals surface area contributed by atoms with Crippen molar-refractivity contribution in [1.29, 1.82) is 0 Å². The Morgan fingerprint density at radius 3 is 2.38 bits per heavy atom. The molecule has 148 valence electrons. The average Bonchev–Trinajstić information content (AvgIpc) is 2.74. The van der Waals surface area contributed by atoms with Crippen LogP contribution >= 0.6 is 11.6 Å². The lowest BCUT2D eigenvalue weighted by atomic mass is 10.2. The molecule has 0 unspecified atom stereocenters. The summed E-state index contributed by atoms with van der Waals surface area (Å²) < 4.78 is 10.6. The molecule has 3 aromatic carbocycles. The molecule has 0 atom stereocenters. The third-order valence-electron chi connectivity index (χ3n) is 4.14. The monoisotopic (exact) mass is 408 g/mol. The van der Waals surface area contributed by atoms with Gasteiger partial charge in [-0.25, -0.2) is 0 Å². The van der Waals surface area contributed by atoms with Crippen LogP contribution in [0, 0.1) is 6.92 Å². The molecule has 0 aliphatic rings. The van der Waals surface area contributed by atoms with Gasteiger partial charge in [0.2, 0.25) is 0 Å². The summed E-state index contributed by atoms with van der Waals surface area (Å²) in [5.41, 5.74) is 3.40. The van der Waals surface area contributed by atoms with Gasteiger partial charge >= 0.3 is 0 Å². The van der Waals surface area contributed by atoms with E-state index in [0.717, 1.165) is 22.6 Å². The van der Waals surface area contributed by atoms with Gasteiger partial charge < -0.3 is 14.8 Å². The molecule has 0 bridgehead atoms. The molecule has 0 saturated heterocycles. The number of halogens is 1. The van der Waals surface area contributed by atoms with Crippen molar-refractivity contribution in [3.8, 4) is 11.5 Å². The minimum Gasteiger partial charge on any atom is -0.497 e. The van der Waals surface area contributed by atoms with Gasteiger partial charge in [0.05, 0.1) is 12.8 Å². The molecule has 1 amide bonds. The van der Waals surface area contributed by atoms with E-state index in [-0.39, 0.29) is 12.5 Å². The molecule has 5 nitrogen and oxygen atoms in total. The first-order valence-electron chi connectivity index (χ1n) is 9.00. The number of aliphatic imine (C=N–C) groups is 1. The van der Waals surface area contributed by atoms with E-state index in [0.29, 0.717) is 16.5 Å². The van der Waals surface area contributed by atoms with E-state index < -0.39 is 0 Å². The molecule has 0 spiro atoms. The number of nitrogens with zero attached hydrogens (tertiary/aromatic N) is 1. The Bertz CT molecular complexity index is 1000. The number of amides is 1. The number of carbonyl (C=O) groups is 1. The second-order valence-electron chi connectivity index (χ2n) is 6.33. The lowest BCUT2D eigenvalue weighted by Gasteiger charge is -2.08. The lowest BCUT2D eigenvalue weighted by Crippen LogP contribution is -2.20. The number of anilines is 1. The molecule has 0 aromatic heterocycles. The van der Waals surface area contributed by atoms with Gasteiger partial charge in [0, 0.05) is 16.9 Å². The molecule has 3 rings (SSSR count). The van der Waals surface area contributed by atoms with Crippen LogP contribution in [0.15, 0.2) is 71.7 Å². The van der Waals surface area contributed by atoms with E-state index in [9.17, 15) is 4.79 Å². The summed E-state index contributed by atoms with van der Waals surface area (Å²) in [7, 11) is 1.59. The molecule has 29 heavy (non-hydrogen) atoms. The number of carbonyl (C=O) groups excluding carboxylic acids is 1. The Labute approximate surface area is 175 Å². The van der Waals surface area contributed by atoms with E-state index in [2.05, 4.69) is 10.3 Å². The van der Waals surface area contributed by atoms with E-state index in [1.807, 2.05) is 37.3 Å². The van der Waals surface area contributed by atoms with E-state index >= 15 is 0 Å². The van der Waals surface area contributed by atoms with Gasteiger partial charge in [0.15, 0.2) is 6.61 Å². The van der Waals surface area contributed by atoms with Crippen LogP contribution in [0.5, 0.6) is 11.5 Å². The Morgan fingerprint density at radius 2 is 1.72 bits per heavy atom. The Balaban J connectivity index is 1.51. The van der Waals surface area contributed by atoms with E-state index in [1.54, 1.807) is 49.7 Å². The van der Waals surface area contributed by atoms with Crippen molar-refractivity contribution in [1.82, 2.24) is 0 Å². The molecule has 3 aromatic rings. The van der Waals surface area contributed by atoms with Crippen LogP contribution in [-0.2, 0) is 4.79 Å². The van der Waals surface area contributed by atoms with Gasteiger partial charge in [0.1, 0.15) is 11.5 Å². The minimum absolute atomic E-state index is 0.0820. The molecule has 0 aliphatic heterocycles. The lowest BCUT2D eigenvalue weighted by molar-refractivity contribution is -0.118. The van der Waals surface area contributed by atoms with Crippen molar-refractivity contribution < 1.29 is 14.3 Å². The quantitative estimate of drug-likeness (QED) is 0.530. The first-order chi connectivity index (χ1) is 14.0. The fourth-order valence-electron chi connectivity index (χ4n) is 2.48. The SMILES string of the molecule is COc1ccc(NC(=O)COc2ccc(C=Nc3ccc(C)c(Cl)c3)cc2)cc1. The maximum absolute atomic E-state index is 12.0. The minimum atomic E-state index is -0.239. The molecular formula is C23H21ClN2O3. The van der Waals surface area contributed by atoms with Crippen molar-refractivity contribution in [2.75, 3.05) is 19.0 Å². The van der Waals surface area contributed by atoms with Gasteiger partial charge in [-0.3, -0.25) is 9.79 Å². The second-order valence-corrected chi connectivity index (χ2v) is 6.73. The summed E-state index contributed by atoms with van der Waals surface area (Å²) in [5, 5.41) is 3.46. The van der Waals surface area contributed by atoms with Crippen LogP contribution in [0.25, 0.3) is 0 Å². The number of benzene rings is 3. The summed E-state index contributed by atoms with van der Waals surface area (Å²) in [6.07, 6.45) is 1.75. The summed E-state index contributed by atoms with van der Waals surface area (Å²) in [6, 6.07) is 20.1. The van der Waals surface area contributed by atoms with Crippen molar-refractivity contribution in [3.63, 3.8) is 0 Å². The van der Waals surface area contributed by atoms with Crippen LogP contribution in [0.4, 0.5) is 11.4 Å². The van der Waals surface area contributed by atoms with Crippen molar-refractivity contribution in [3.05, 3.63) is 82.9 Å². The zero-order valence-electron chi connectivity index (χ0n) is 16.2. The maximum atomic E-state index is 12.0. The second kappa shape index (κ2) is 9.75. The van der Waals surface area contributed by atoms with E-state index in [1.165, 1.54) is 0 Å². The molecule has 6 heteroatoms. The Kier molecular flexibility index (Phi) is 6.87. The molecule has 0 heterocycles. The molecule has 0 fully saturated rings. The van der Waals surface area contributed by atoms with Crippen LogP contribution in [0.2, 0.25) is 5.02 Å². The highest BCUT2D eigenvalue weighted by atomic mass is 35.5. The third-order valence-corrected chi connectivity index (χ3v) is 4.55. The molecule has 0 aliphatic carbocycles. The maximum Gasteiger partial charge on any atom is 0.262 e. The predicted octanol–water partition coefficient (Wildman–Crippen LogP) is 5.43. The number of methoxy groups -OCH3 is 1. The van der Waals surface area contributed by atoms with Gasteiger partial charge in [-0.05, 0) is 78.7 Å². The summed E-state index contributed by atoms with van der Waals surface area (Å²) in [5.74, 6) is 1.09. The van der Waals surface area contributed by atoms with Crippen LogP contribution < -0.4 is 14.8 Å². The van der Waals surface area contributed by atoms with Crippen molar-refractivity contribution in [2.24, 2.45) is 4.99 Å². The topological polar surface area (TPSA) is 59.9 Å². The van der Waals surface area contributed by atoms with Gasteiger partial charge in [-0.15, -0.1) is 0 Å². The normalized spacial score (nSPS) is 10.7. The standard InChI is InChI=1S/C23H21ClN2O3/c1-16-3-6-19(13-22(16)24)25-14-17-4-9-21(10-5-17)29-15-23(27)26-18-7-11-20(28-2)12-8-18/h3-14H,15H2,1-2H3,(H,26,27). The smallest absolute Gasteiger partial charge is 0.262 e. The van der Waals surface area contributed by atoms with Gasteiger partial charge in [0.25, 0.3) is 5.91 Å². The largest absolute Gasteiger partial charge is 0.497 e. The van der Waals surface area contributed by atoms with Crippen LogP contribution in [0.1, 0.15) is 11.1 Å². The third kappa shape index (κ3) is 6.09. The number of nitrogens with one attached hydrogen (secondary N) is 1. The number of ether oxygens (including phenoxy) is 2. The number of hydrogen-bond donors (Lipinski definition) is 1. The summed E-state index contributed by atoms with van der Waals surface area (Å²) in [4.78, 5) is 16.4. The van der Waals surface area contributed by atoms with Gasteiger partial charge in [-0.1, -0.05) is 17.7 Å². The van der Waals surface area contributed by atoms with Gasteiger partial charge in [-0.2, -0.15) is 0 Å². The molecular weight excluding hydrogens is 388 g/mol. The first-order valence-corrected chi connectivity index (χ1v) is 9.38. The highest BCUT2D eigenvalue weighted by Crippen LogP contribution is 2.22.